The number of nitrogens with zero attached hydrogens (tertiary/aromatic N) is 2. The Morgan fingerprint density at radius 3 is 1.71 bits per heavy atom. The molecule has 0 N–H and O–H groups in total. The maximum atomic E-state index is 11.6. The molecule has 45 heavy (non-hydrogen) atoms. The molecule has 9 heteroatoms. The molecule has 224 valence electrons. The number of hydrogen-bond acceptors (Lipinski definition) is 6. The van der Waals surface area contributed by atoms with Crippen LogP contribution in [0.5, 0.6) is 11.5 Å². The standard InChI is InChI=1S/C36H34N2O5S.Na/c1-25(44(39,40)41)22-23-37-35-7-5-4-6-33(35)34-21-10-27(24-36(34)37)26-8-11-28(12-9-26)38(29-13-17-31(42-2)18-14-29)30-15-19-32(43-3)20-16-30;/h4-21,24-25H,22-23H2,1-3H3,(H,39,40,41);/q;+1/p-1. The Hall–Kier alpha value is -3.79. The summed E-state index contributed by atoms with van der Waals surface area (Å²) in [5.74, 6) is 1.58. The predicted octanol–water partition coefficient (Wildman–Crippen LogP) is 5.28. The van der Waals surface area contributed by atoms with Gasteiger partial charge in [-0.15, -0.1) is 0 Å². The van der Waals surface area contributed by atoms with E-state index in [4.69, 9.17) is 9.47 Å². The molecule has 0 saturated heterocycles. The molecule has 5 aromatic carbocycles. The van der Waals surface area contributed by atoms with Gasteiger partial charge in [-0.2, -0.15) is 0 Å². The number of ether oxygens (including phenoxy) is 2. The summed E-state index contributed by atoms with van der Waals surface area (Å²) in [7, 11) is -1.04. The van der Waals surface area contributed by atoms with Gasteiger partial charge in [0.1, 0.15) is 11.5 Å². The van der Waals surface area contributed by atoms with Crippen LogP contribution in [0.1, 0.15) is 13.3 Å². The monoisotopic (exact) mass is 628 g/mol. The molecule has 1 heterocycles. The van der Waals surface area contributed by atoms with Crippen molar-refractivity contribution >= 4 is 49.0 Å². The van der Waals surface area contributed by atoms with Crippen LogP contribution in [0.15, 0.2) is 115 Å². The van der Waals surface area contributed by atoms with E-state index >= 15 is 0 Å². The van der Waals surface area contributed by atoms with Crippen LogP contribution in [0.2, 0.25) is 0 Å². The van der Waals surface area contributed by atoms with Crippen molar-refractivity contribution in [3.05, 3.63) is 115 Å². The Labute approximate surface area is 286 Å². The third kappa shape index (κ3) is 6.76. The fourth-order valence-electron chi connectivity index (χ4n) is 5.64. The van der Waals surface area contributed by atoms with Crippen LogP contribution in [0, 0.1) is 0 Å². The zero-order chi connectivity index (χ0) is 30.8. The van der Waals surface area contributed by atoms with Crippen molar-refractivity contribution in [3.63, 3.8) is 0 Å². The number of hydrogen-bond donors (Lipinski definition) is 0. The fraction of sp³-hybridized carbons (Fsp3) is 0.167. The van der Waals surface area contributed by atoms with E-state index in [0.717, 1.165) is 61.5 Å². The first-order chi connectivity index (χ1) is 21.3. The van der Waals surface area contributed by atoms with Crippen LogP contribution in [0.4, 0.5) is 17.1 Å². The first-order valence-electron chi connectivity index (χ1n) is 14.4. The van der Waals surface area contributed by atoms with Gasteiger partial charge < -0.3 is 23.5 Å². The number of para-hydroxylation sites is 1. The number of aromatic nitrogens is 1. The van der Waals surface area contributed by atoms with E-state index in [-0.39, 0.29) is 36.0 Å². The maximum Gasteiger partial charge on any atom is 1.00 e. The molecule has 0 fully saturated rings. The summed E-state index contributed by atoms with van der Waals surface area (Å²) in [5, 5.41) is 1.22. The molecule has 0 saturated carbocycles. The zero-order valence-corrected chi connectivity index (χ0v) is 28.6. The number of aryl methyl sites for hydroxylation is 1. The summed E-state index contributed by atoms with van der Waals surface area (Å²) in [6.07, 6.45) is 0.241. The van der Waals surface area contributed by atoms with Crippen molar-refractivity contribution in [3.8, 4) is 22.6 Å². The van der Waals surface area contributed by atoms with Gasteiger partial charge in [-0.1, -0.05) is 42.5 Å². The Bertz CT molecular complexity index is 1980. The van der Waals surface area contributed by atoms with Gasteiger partial charge in [0.15, 0.2) is 0 Å². The number of rotatable bonds is 10. The van der Waals surface area contributed by atoms with E-state index in [1.165, 1.54) is 6.92 Å². The average molecular weight is 629 g/mol. The van der Waals surface area contributed by atoms with Crippen molar-refractivity contribution in [2.75, 3.05) is 19.1 Å². The van der Waals surface area contributed by atoms with Gasteiger partial charge in [-0.25, -0.2) is 8.42 Å². The Balaban J connectivity index is 0.00000400. The first kappa shape index (κ1) is 32.6. The fourth-order valence-corrected chi connectivity index (χ4v) is 6.03. The SMILES string of the molecule is COc1ccc(N(c2ccc(OC)cc2)c2ccc(-c3ccc4c5ccccc5n(CCC(C)S(=O)(=O)[O-])c4c3)cc2)cc1.[Na+]. The smallest absolute Gasteiger partial charge is 0.748 e. The molecule has 1 aromatic heterocycles. The second kappa shape index (κ2) is 13.7. The van der Waals surface area contributed by atoms with Crippen LogP contribution in [0.3, 0.4) is 0 Å². The molecule has 0 spiro atoms. The molecular formula is C36H33N2NaO5S. The van der Waals surface area contributed by atoms with E-state index in [1.54, 1.807) is 14.2 Å². The van der Waals surface area contributed by atoms with Gasteiger partial charge in [-0.05, 0) is 97.3 Å². The minimum atomic E-state index is -4.35. The van der Waals surface area contributed by atoms with Gasteiger partial charge in [0.05, 0.1) is 24.3 Å². The van der Waals surface area contributed by atoms with Crippen LogP contribution >= 0.6 is 0 Å². The molecule has 0 bridgehead atoms. The van der Waals surface area contributed by atoms with E-state index in [9.17, 15) is 13.0 Å². The van der Waals surface area contributed by atoms with Crippen molar-refractivity contribution in [2.45, 2.75) is 25.1 Å². The average Bonchev–Trinajstić information content (AvgIpc) is 3.37. The minimum absolute atomic E-state index is 0. The van der Waals surface area contributed by atoms with Gasteiger partial charge in [0, 0.05) is 50.7 Å². The van der Waals surface area contributed by atoms with Crippen LogP contribution < -0.4 is 43.9 Å². The zero-order valence-electron chi connectivity index (χ0n) is 25.8. The minimum Gasteiger partial charge on any atom is -0.748 e. The van der Waals surface area contributed by atoms with Gasteiger partial charge in [0.25, 0.3) is 0 Å². The van der Waals surface area contributed by atoms with Crippen molar-refractivity contribution in [2.24, 2.45) is 0 Å². The van der Waals surface area contributed by atoms with Crippen LogP contribution in [-0.4, -0.2) is 37.0 Å². The van der Waals surface area contributed by atoms with Crippen molar-refractivity contribution in [1.82, 2.24) is 4.57 Å². The number of methoxy groups -OCH3 is 2. The number of fused-ring (bicyclic) bond motifs is 3. The van der Waals surface area contributed by atoms with E-state index in [0.29, 0.717) is 6.54 Å². The molecule has 1 unspecified atom stereocenters. The summed E-state index contributed by atoms with van der Waals surface area (Å²) in [5.41, 5.74) is 7.08. The molecule has 7 nitrogen and oxygen atoms in total. The van der Waals surface area contributed by atoms with Gasteiger partial charge in [0.2, 0.25) is 0 Å². The summed E-state index contributed by atoms with van der Waals surface area (Å²) in [6, 6.07) is 38.8. The Morgan fingerprint density at radius 2 is 1.18 bits per heavy atom. The summed E-state index contributed by atoms with van der Waals surface area (Å²) < 4.78 is 47.7. The summed E-state index contributed by atoms with van der Waals surface area (Å²) in [4.78, 5) is 2.18. The van der Waals surface area contributed by atoms with Crippen molar-refractivity contribution in [1.29, 1.82) is 0 Å². The predicted molar refractivity (Wildman–Crippen MR) is 176 cm³/mol. The number of benzene rings is 5. The first-order valence-corrected chi connectivity index (χ1v) is 15.9. The molecule has 0 aliphatic heterocycles. The molecular weight excluding hydrogens is 595 g/mol. The van der Waals surface area contributed by atoms with E-state index in [2.05, 4.69) is 58.0 Å². The molecule has 1 atom stereocenters. The van der Waals surface area contributed by atoms with Crippen molar-refractivity contribution < 1.29 is 52.0 Å². The second-order valence-corrected chi connectivity index (χ2v) is 12.6. The molecule has 0 amide bonds. The van der Waals surface area contributed by atoms with Crippen LogP contribution in [0.25, 0.3) is 32.9 Å². The van der Waals surface area contributed by atoms with E-state index in [1.807, 2.05) is 66.7 Å². The Kier molecular flexibility index (Phi) is 9.91. The molecule has 6 rings (SSSR count). The van der Waals surface area contributed by atoms with Gasteiger partial charge in [-0.3, -0.25) is 0 Å². The third-order valence-corrected chi connectivity index (χ3v) is 9.37. The second-order valence-electron chi connectivity index (χ2n) is 10.8. The molecule has 6 aromatic rings. The Morgan fingerprint density at radius 1 is 0.689 bits per heavy atom. The van der Waals surface area contributed by atoms with Gasteiger partial charge >= 0.3 is 29.6 Å². The molecule has 0 radical (unpaired) electrons. The number of anilines is 3. The largest absolute Gasteiger partial charge is 1.00 e. The normalized spacial score (nSPS) is 12.1. The summed E-state index contributed by atoms with van der Waals surface area (Å²) in [6.45, 7) is 1.90. The molecule has 0 aliphatic rings. The quantitative estimate of drug-likeness (QED) is 0.152. The topological polar surface area (TPSA) is 83.8 Å². The summed E-state index contributed by atoms with van der Waals surface area (Å²) >= 11 is 0. The third-order valence-electron chi connectivity index (χ3n) is 8.15. The maximum absolute atomic E-state index is 11.6. The molecule has 0 aliphatic carbocycles. The van der Waals surface area contributed by atoms with E-state index < -0.39 is 15.4 Å². The van der Waals surface area contributed by atoms with Crippen LogP contribution in [-0.2, 0) is 16.7 Å².